The lowest BCUT2D eigenvalue weighted by Crippen LogP contribution is -2.22. The number of nitrogens with one attached hydrogen (secondary N) is 1. The molecule has 2 heterocycles. The van der Waals surface area contributed by atoms with Gasteiger partial charge in [-0.05, 0) is 79.7 Å². The fourth-order valence-corrected chi connectivity index (χ4v) is 6.01. The van der Waals surface area contributed by atoms with Crippen molar-refractivity contribution in [3.8, 4) is 0 Å². The summed E-state index contributed by atoms with van der Waals surface area (Å²) >= 11 is 9.74. The Morgan fingerprint density at radius 3 is 2.78 bits per heavy atom. The summed E-state index contributed by atoms with van der Waals surface area (Å²) in [5, 5.41) is 4.30. The molecule has 1 atom stereocenters. The Morgan fingerprint density at radius 2 is 2.06 bits per heavy atom. The summed E-state index contributed by atoms with van der Waals surface area (Å²) in [6, 6.07) is 8.44. The Balaban J connectivity index is 1.67. The predicted molar refractivity (Wildman–Crippen MR) is 131 cm³/mol. The molecule has 2 aromatic carbocycles. The van der Waals surface area contributed by atoms with E-state index in [1.54, 1.807) is 19.1 Å². The average molecular weight is 539 g/mol. The van der Waals surface area contributed by atoms with Crippen molar-refractivity contribution in [3.05, 3.63) is 67.6 Å². The molecule has 1 saturated heterocycles. The van der Waals surface area contributed by atoms with Crippen LogP contribution in [0.3, 0.4) is 0 Å². The van der Waals surface area contributed by atoms with E-state index in [2.05, 4.69) is 26.2 Å². The summed E-state index contributed by atoms with van der Waals surface area (Å²) < 4.78 is 27.3. The lowest BCUT2D eigenvalue weighted by Gasteiger charge is -2.13. The molecule has 1 N–H and O–H groups in total. The number of benzene rings is 2. The first-order valence-corrected chi connectivity index (χ1v) is 13.5. The SMILES string of the molecule is CCS(=O)(=O)c1ccc(Cl)cc1Cn1cnc2cc(CC[C@@H]3CCNC3)c(Br)cc2c1=O. The first-order chi connectivity index (χ1) is 15.3. The Kier molecular flexibility index (Phi) is 7.05. The van der Waals surface area contributed by atoms with Crippen molar-refractivity contribution in [2.75, 3.05) is 18.8 Å². The van der Waals surface area contributed by atoms with E-state index in [1.165, 1.54) is 23.4 Å². The highest BCUT2D eigenvalue weighted by Crippen LogP contribution is 2.26. The van der Waals surface area contributed by atoms with E-state index >= 15 is 0 Å². The standard InChI is InChI=1S/C23H25BrClN3O3S/c1-2-32(30,31)22-6-5-18(25)9-17(22)13-28-14-27-21-10-16(4-3-15-7-8-26-12-15)20(24)11-19(21)23(28)29/h5-6,9-11,14-15,26H,2-4,7-8,12-13H2,1H3/t15-/m1/s1. The predicted octanol–water partition coefficient (Wildman–Crippen LogP) is 4.20. The fourth-order valence-electron chi connectivity index (χ4n) is 4.16. The van der Waals surface area contributed by atoms with E-state index in [9.17, 15) is 13.2 Å². The summed E-state index contributed by atoms with van der Waals surface area (Å²) in [5.74, 6) is 0.656. The fraction of sp³-hybridized carbons (Fsp3) is 0.391. The third kappa shape index (κ3) is 4.93. The molecular formula is C23H25BrClN3O3S. The summed E-state index contributed by atoms with van der Waals surface area (Å²) in [5.41, 5.74) is 2.03. The van der Waals surface area contributed by atoms with Gasteiger partial charge in [0.15, 0.2) is 9.84 Å². The Hall–Kier alpha value is -1.74. The van der Waals surface area contributed by atoms with Crippen LogP contribution in [0.15, 0.2) is 50.8 Å². The van der Waals surface area contributed by atoms with Gasteiger partial charge in [0.1, 0.15) is 0 Å². The van der Waals surface area contributed by atoms with Gasteiger partial charge in [0.25, 0.3) is 5.56 Å². The van der Waals surface area contributed by atoms with Gasteiger partial charge in [0.05, 0.1) is 34.4 Å². The van der Waals surface area contributed by atoms with E-state index in [4.69, 9.17) is 11.6 Å². The minimum Gasteiger partial charge on any atom is -0.316 e. The summed E-state index contributed by atoms with van der Waals surface area (Å²) in [6.07, 6.45) is 4.70. The minimum atomic E-state index is -3.45. The highest BCUT2D eigenvalue weighted by atomic mass is 79.9. The number of nitrogens with zero attached hydrogens (tertiary/aromatic N) is 2. The molecule has 0 amide bonds. The van der Waals surface area contributed by atoms with Gasteiger partial charge >= 0.3 is 0 Å². The van der Waals surface area contributed by atoms with E-state index in [1.807, 2.05) is 12.1 Å². The zero-order valence-corrected chi connectivity index (χ0v) is 20.9. The normalized spacial score (nSPS) is 16.7. The molecule has 0 aliphatic carbocycles. The maximum absolute atomic E-state index is 13.2. The number of hydrogen-bond donors (Lipinski definition) is 1. The molecule has 6 nitrogen and oxygen atoms in total. The minimum absolute atomic E-state index is 0.0286. The summed E-state index contributed by atoms with van der Waals surface area (Å²) in [4.78, 5) is 17.9. The Bertz CT molecular complexity index is 1320. The van der Waals surface area contributed by atoms with Crippen LogP contribution < -0.4 is 10.9 Å². The van der Waals surface area contributed by atoms with Crippen molar-refractivity contribution in [3.63, 3.8) is 0 Å². The molecule has 170 valence electrons. The average Bonchev–Trinajstić information content (AvgIpc) is 3.28. The molecule has 0 bridgehead atoms. The zero-order valence-electron chi connectivity index (χ0n) is 17.8. The second-order valence-electron chi connectivity index (χ2n) is 8.19. The lowest BCUT2D eigenvalue weighted by atomic mass is 9.98. The molecule has 9 heteroatoms. The van der Waals surface area contributed by atoms with Crippen molar-refractivity contribution < 1.29 is 8.42 Å². The number of fused-ring (bicyclic) bond motifs is 1. The maximum Gasteiger partial charge on any atom is 0.261 e. The van der Waals surface area contributed by atoms with Gasteiger partial charge in [-0.15, -0.1) is 0 Å². The molecular weight excluding hydrogens is 514 g/mol. The van der Waals surface area contributed by atoms with E-state index in [-0.39, 0.29) is 22.8 Å². The lowest BCUT2D eigenvalue weighted by molar-refractivity contribution is 0.532. The Labute approximate surface area is 201 Å². The second kappa shape index (κ2) is 9.63. The van der Waals surface area contributed by atoms with Gasteiger partial charge in [0, 0.05) is 9.50 Å². The first kappa shape index (κ1) is 23.4. The molecule has 32 heavy (non-hydrogen) atoms. The number of halogens is 2. The summed E-state index contributed by atoms with van der Waals surface area (Å²) in [7, 11) is -3.45. The first-order valence-electron chi connectivity index (χ1n) is 10.7. The number of aryl methyl sites for hydroxylation is 1. The highest BCUT2D eigenvalue weighted by molar-refractivity contribution is 9.10. The second-order valence-corrected chi connectivity index (χ2v) is 11.7. The molecule has 1 fully saturated rings. The monoisotopic (exact) mass is 537 g/mol. The van der Waals surface area contributed by atoms with Crippen LogP contribution in [-0.2, 0) is 22.8 Å². The molecule has 3 aromatic rings. The number of rotatable bonds is 7. The van der Waals surface area contributed by atoms with Crippen LogP contribution in [0.1, 0.15) is 30.9 Å². The molecule has 0 spiro atoms. The van der Waals surface area contributed by atoms with Crippen molar-refractivity contribution in [2.45, 2.75) is 37.6 Å². The molecule has 1 aliphatic heterocycles. The van der Waals surface area contributed by atoms with Crippen LogP contribution in [0.5, 0.6) is 0 Å². The van der Waals surface area contributed by atoms with E-state index < -0.39 is 9.84 Å². The number of sulfone groups is 1. The summed E-state index contributed by atoms with van der Waals surface area (Å²) in [6.45, 7) is 3.81. The quantitative estimate of drug-likeness (QED) is 0.488. The third-order valence-corrected chi connectivity index (χ3v) is 8.86. The largest absolute Gasteiger partial charge is 0.316 e. The van der Waals surface area contributed by atoms with Crippen LogP contribution in [0, 0.1) is 5.92 Å². The van der Waals surface area contributed by atoms with Crippen LogP contribution in [0.4, 0.5) is 0 Å². The van der Waals surface area contributed by atoms with Crippen LogP contribution in [0.25, 0.3) is 10.9 Å². The zero-order chi connectivity index (χ0) is 22.9. The third-order valence-electron chi connectivity index (χ3n) is 6.05. The van der Waals surface area contributed by atoms with Crippen LogP contribution in [-0.4, -0.2) is 36.8 Å². The smallest absolute Gasteiger partial charge is 0.261 e. The van der Waals surface area contributed by atoms with E-state index in [0.717, 1.165) is 36.0 Å². The molecule has 0 radical (unpaired) electrons. The van der Waals surface area contributed by atoms with Crippen molar-refractivity contribution in [1.29, 1.82) is 0 Å². The molecule has 1 aromatic heterocycles. The molecule has 1 aliphatic rings. The molecule has 4 rings (SSSR count). The van der Waals surface area contributed by atoms with Crippen LogP contribution >= 0.6 is 27.5 Å². The maximum atomic E-state index is 13.2. The van der Waals surface area contributed by atoms with Gasteiger partial charge < -0.3 is 5.32 Å². The van der Waals surface area contributed by atoms with Crippen molar-refractivity contribution in [1.82, 2.24) is 14.9 Å². The van der Waals surface area contributed by atoms with Crippen LogP contribution in [0.2, 0.25) is 5.02 Å². The topological polar surface area (TPSA) is 81.1 Å². The van der Waals surface area contributed by atoms with Gasteiger partial charge in [-0.1, -0.05) is 34.5 Å². The Morgan fingerprint density at radius 1 is 1.25 bits per heavy atom. The number of aromatic nitrogens is 2. The molecule has 0 saturated carbocycles. The highest BCUT2D eigenvalue weighted by Gasteiger charge is 2.19. The number of hydrogen-bond acceptors (Lipinski definition) is 5. The molecule has 0 unspecified atom stereocenters. The van der Waals surface area contributed by atoms with Crippen molar-refractivity contribution in [2.24, 2.45) is 5.92 Å². The van der Waals surface area contributed by atoms with Gasteiger partial charge in [-0.2, -0.15) is 0 Å². The van der Waals surface area contributed by atoms with Gasteiger partial charge in [-0.25, -0.2) is 13.4 Å². The van der Waals surface area contributed by atoms with E-state index in [0.29, 0.717) is 27.4 Å². The van der Waals surface area contributed by atoms with Gasteiger partial charge in [0.2, 0.25) is 0 Å². The van der Waals surface area contributed by atoms with Gasteiger partial charge in [-0.3, -0.25) is 9.36 Å². The van der Waals surface area contributed by atoms with Crippen molar-refractivity contribution >= 4 is 48.3 Å².